The summed E-state index contributed by atoms with van der Waals surface area (Å²) < 4.78 is 7.47. The lowest BCUT2D eigenvalue weighted by Gasteiger charge is -2.35. The van der Waals surface area contributed by atoms with Gasteiger partial charge in [-0.2, -0.15) is 0 Å². The zero-order valence-electron chi connectivity index (χ0n) is 11.7. The second-order valence-corrected chi connectivity index (χ2v) is 8.62. The molecule has 0 spiro atoms. The summed E-state index contributed by atoms with van der Waals surface area (Å²) in [6, 6.07) is 2.98. The third-order valence-electron chi connectivity index (χ3n) is 5.07. The van der Waals surface area contributed by atoms with E-state index in [1.165, 1.54) is 47.9 Å². The summed E-state index contributed by atoms with van der Waals surface area (Å²) in [4.78, 5) is 1.50. The van der Waals surface area contributed by atoms with Gasteiger partial charge < -0.3 is 10.1 Å². The molecule has 1 N–H and O–H groups in total. The van der Waals surface area contributed by atoms with E-state index in [-0.39, 0.29) is 0 Å². The van der Waals surface area contributed by atoms with Crippen LogP contribution in [0, 0.1) is 11.3 Å². The first-order chi connectivity index (χ1) is 9.77. The van der Waals surface area contributed by atoms with E-state index in [0.717, 1.165) is 25.1 Å². The number of hydrogen-bond acceptors (Lipinski definition) is 3. The van der Waals surface area contributed by atoms with Crippen molar-refractivity contribution in [1.29, 1.82) is 0 Å². The SMILES string of the molecule is Brc1ccsc1CC1(CNC2CC2)CCOC1C1CC1. The summed E-state index contributed by atoms with van der Waals surface area (Å²) in [5.74, 6) is 0.831. The van der Waals surface area contributed by atoms with E-state index in [1.54, 1.807) is 0 Å². The van der Waals surface area contributed by atoms with Gasteiger partial charge in [0.2, 0.25) is 0 Å². The molecule has 1 aromatic rings. The molecular weight excluding hydrogens is 334 g/mol. The Kier molecular flexibility index (Phi) is 3.70. The first kappa shape index (κ1) is 13.7. The van der Waals surface area contributed by atoms with E-state index in [0.29, 0.717) is 11.5 Å². The van der Waals surface area contributed by atoms with Gasteiger partial charge in [-0.05, 0) is 71.8 Å². The third-order valence-corrected chi connectivity index (χ3v) is 7.00. The van der Waals surface area contributed by atoms with E-state index < -0.39 is 0 Å². The molecule has 0 bridgehead atoms. The van der Waals surface area contributed by atoms with Crippen molar-refractivity contribution < 1.29 is 4.74 Å². The smallest absolute Gasteiger partial charge is 0.0675 e. The standard InChI is InChI=1S/C16H22BrNOS/c17-13-5-8-20-14(13)9-16(10-18-12-3-4-12)6-7-19-15(16)11-1-2-11/h5,8,11-12,15,18H,1-4,6-7,9-10H2. The van der Waals surface area contributed by atoms with Crippen LogP contribution in [0.25, 0.3) is 0 Å². The third kappa shape index (κ3) is 2.72. The van der Waals surface area contributed by atoms with Gasteiger partial charge in [-0.1, -0.05) is 0 Å². The van der Waals surface area contributed by atoms with Crippen molar-refractivity contribution in [3.05, 3.63) is 20.8 Å². The first-order valence-electron chi connectivity index (χ1n) is 7.84. The topological polar surface area (TPSA) is 21.3 Å². The highest BCUT2D eigenvalue weighted by Crippen LogP contribution is 2.50. The Balaban J connectivity index is 1.55. The lowest BCUT2D eigenvalue weighted by Crippen LogP contribution is -2.44. The van der Waals surface area contributed by atoms with Crippen molar-refractivity contribution in [2.75, 3.05) is 13.2 Å². The quantitative estimate of drug-likeness (QED) is 0.832. The van der Waals surface area contributed by atoms with Crippen LogP contribution in [0.15, 0.2) is 15.9 Å². The largest absolute Gasteiger partial charge is 0.377 e. The van der Waals surface area contributed by atoms with Gasteiger partial charge >= 0.3 is 0 Å². The fourth-order valence-corrected chi connectivity index (χ4v) is 5.24. The van der Waals surface area contributed by atoms with Crippen LogP contribution in [0.5, 0.6) is 0 Å². The molecule has 4 rings (SSSR count). The molecule has 0 radical (unpaired) electrons. The van der Waals surface area contributed by atoms with Crippen LogP contribution in [-0.2, 0) is 11.2 Å². The van der Waals surface area contributed by atoms with Crippen molar-refractivity contribution in [1.82, 2.24) is 5.32 Å². The van der Waals surface area contributed by atoms with Gasteiger partial charge in [0.25, 0.3) is 0 Å². The number of halogens is 1. The molecule has 2 aliphatic carbocycles. The predicted molar refractivity (Wildman–Crippen MR) is 86.3 cm³/mol. The number of thiophene rings is 1. The van der Waals surface area contributed by atoms with Gasteiger partial charge in [0.05, 0.1) is 6.10 Å². The van der Waals surface area contributed by atoms with Crippen LogP contribution in [0.4, 0.5) is 0 Å². The first-order valence-corrected chi connectivity index (χ1v) is 9.51. The Morgan fingerprint density at radius 2 is 2.20 bits per heavy atom. The minimum absolute atomic E-state index is 0.330. The van der Waals surface area contributed by atoms with E-state index >= 15 is 0 Å². The van der Waals surface area contributed by atoms with Crippen LogP contribution >= 0.6 is 27.3 Å². The highest BCUT2D eigenvalue weighted by Gasteiger charge is 2.51. The Morgan fingerprint density at radius 1 is 1.35 bits per heavy atom. The molecule has 20 heavy (non-hydrogen) atoms. The summed E-state index contributed by atoms with van der Waals surface area (Å²) in [7, 11) is 0. The molecule has 2 heterocycles. The van der Waals surface area contributed by atoms with Crippen LogP contribution in [0.3, 0.4) is 0 Å². The van der Waals surface area contributed by atoms with E-state index in [2.05, 4.69) is 32.7 Å². The van der Waals surface area contributed by atoms with Gasteiger partial charge in [0, 0.05) is 34.0 Å². The average molecular weight is 356 g/mol. The number of hydrogen-bond donors (Lipinski definition) is 1. The molecule has 2 saturated carbocycles. The molecule has 1 aromatic heterocycles. The highest BCUT2D eigenvalue weighted by molar-refractivity contribution is 9.10. The Hall–Kier alpha value is 0.1000. The summed E-state index contributed by atoms with van der Waals surface area (Å²) in [5.41, 5.74) is 0.330. The molecule has 4 heteroatoms. The van der Waals surface area contributed by atoms with E-state index in [1.807, 2.05) is 11.3 Å². The Morgan fingerprint density at radius 3 is 2.85 bits per heavy atom. The maximum Gasteiger partial charge on any atom is 0.0675 e. The minimum Gasteiger partial charge on any atom is -0.377 e. The zero-order valence-corrected chi connectivity index (χ0v) is 14.1. The van der Waals surface area contributed by atoms with Crippen molar-refractivity contribution >= 4 is 27.3 Å². The monoisotopic (exact) mass is 355 g/mol. The summed E-state index contributed by atoms with van der Waals surface area (Å²) in [5, 5.41) is 5.99. The Bertz CT molecular complexity index is 483. The normalized spacial score (nSPS) is 33.8. The second-order valence-electron chi connectivity index (χ2n) is 6.76. The van der Waals surface area contributed by atoms with Crippen LogP contribution < -0.4 is 5.32 Å². The molecule has 1 aliphatic heterocycles. The van der Waals surface area contributed by atoms with Gasteiger partial charge in [-0.15, -0.1) is 11.3 Å². The number of nitrogens with one attached hydrogen (secondary N) is 1. The lowest BCUT2D eigenvalue weighted by atomic mass is 9.75. The van der Waals surface area contributed by atoms with E-state index in [9.17, 15) is 0 Å². The van der Waals surface area contributed by atoms with Crippen molar-refractivity contribution in [3.63, 3.8) is 0 Å². The number of rotatable bonds is 6. The second kappa shape index (κ2) is 5.38. The molecule has 2 nitrogen and oxygen atoms in total. The van der Waals surface area contributed by atoms with Crippen molar-refractivity contribution in [3.8, 4) is 0 Å². The molecule has 2 unspecified atom stereocenters. The number of ether oxygens (including phenoxy) is 1. The molecule has 0 aromatic carbocycles. The van der Waals surface area contributed by atoms with Gasteiger partial charge in [0.15, 0.2) is 0 Å². The summed E-state index contributed by atoms with van der Waals surface area (Å²) >= 11 is 5.60. The molecule has 2 atom stereocenters. The molecule has 1 saturated heterocycles. The van der Waals surface area contributed by atoms with Gasteiger partial charge in [0.1, 0.15) is 0 Å². The molecule has 3 fully saturated rings. The van der Waals surface area contributed by atoms with Crippen LogP contribution in [0.2, 0.25) is 0 Å². The van der Waals surface area contributed by atoms with Crippen LogP contribution in [0.1, 0.15) is 37.0 Å². The van der Waals surface area contributed by atoms with Crippen molar-refractivity contribution in [2.45, 2.75) is 50.7 Å². The lowest BCUT2D eigenvalue weighted by molar-refractivity contribution is 0.0307. The highest BCUT2D eigenvalue weighted by atomic mass is 79.9. The van der Waals surface area contributed by atoms with Crippen LogP contribution in [-0.4, -0.2) is 25.3 Å². The van der Waals surface area contributed by atoms with E-state index in [4.69, 9.17) is 4.74 Å². The molecule has 3 aliphatic rings. The minimum atomic E-state index is 0.330. The molecule has 110 valence electrons. The molecular formula is C16H22BrNOS. The zero-order chi connectivity index (χ0) is 13.6. The van der Waals surface area contributed by atoms with Gasteiger partial charge in [-0.25, -0.2) is 0 Å². The Labute approximate surface area is 133 Å². The van der Waals surface area contributed by atoms with Crippen molar-refractivity contribution in [2.24, 2.45) is 11.3 Å². The summed E-state index contributed by atoms with van der Waals surface area (Å²) in [6.07, 6.45) is 8.37. The fraction of sp³-hybridized carbons (Fsp3) is 0.750. The molecule has 0 amide bonds. The fourth-order valence-electron chi connectivity index (χ4n) is 3.59. The average Bonchev–Trinajstić information content (AvgIpc) is 3.36. The predicted octanol–water partition coefficient (Wildman–Crippen LogP) is 3.99. The maximum atomic E-state index is 6.18. The summed E-state index contributed by atoms with van der Waals surface area (Å²) in [6.45, 7) is 2.10. The van der Waals surface area contributed by atoms with Gasteiger partial charge in [-0.3, -0.25) is 0 Å². The maximum absolute atomic E-state index is 6.18.